The van der Waals surface area contributed by atoms with Crippen molar-refractivity contribution in [1.82, 2.24) is 25.2 Å². The number of amides is 1. The molecule has 0 saturated carbocycles. The number of benzene rings is 1. The van der Waals surface area contributed by atoms with Crippen molar-refractivity contribution < 1.29 is 9.53 Å². The molecule has 0 spiro atoms. The van der Waals surface area contributed by atoms with Crippen LogP contribution in [0, 0.1) is 0 Å². The van der Waals surface area contributed by atoms with Gasteiger partial charge in [-0.05, 0) is 29.6 Å². The number of methoxy groups -OCH3 is 1. The number of nitrogens with one attached hydrogen (secondary N) is 1. The Hall–Kier alpha value is -2.17. The van der Waals surface area contributed by atoms with Crippen LogP contribution in [0.1, 0.15) is 32.8 Å². The number of hydrogen-bond donors (Lipinski definition) is 2. The van der Waals surface area contributed by atoms with Crippen LogP contribution in [-0.4, -0.2) is 57.3 Å². The molecule has 0 fully saturated rings. The third-order valence-electron chi connectivity index (χ3n) is 4.41. The molecule has 8 nitrogen and oxygen atoms in total. The molecule has 1 heterocycles. The molecular formula is C20H30N6O2S2. The summed E-state index contributed by atoms with van der Waals surface area (Å²) in [6.07, 6.45) is 0.811. The Morgan fingerprint density at radius 2 is 1.97 bits per heavy atom. The fourth-order valence-corrected chi connectivity index (χ4v) is 3.50. The highest BCUT2D eigenvalue weighted by Crippen LogP contribution is 2.28. The zero-order chi connectivity index (χ0) is 22.3. The summed E-state index contributed by atoms with van der Waals surface area (Å²) in [6, 6.07) is 8.37. The number of thioether (sulfide) groups is 1. The molecule has 10 heteroatoms. The van der Waals surface area contributed by atoms with Gasteiger partial charge in [0.15, 0.2) is 16.1 Å². The van der Waals surface area contributed by atoms with Gasteiger partial charge in [-0.25, -0.2) is 0 Å². The molecule has 0 aliphatic carbocycles. The van der Waals surface area contributed by atoms with Gasteiger partial charge in [0, 0.05) is 32.9 Å². The van der Waals surface area contributed by atoms with Crippen molar-refractivity contribution in [2.24, 2.45) is 5.73 Å². The largest absolute Gasteiger partial charge is 0.385 e. The van der Waals surface area contributed by atoms with Gasteiger partial charge < -0.3 is 15.0 Å². The average Bonchev–Trinajstić information content (AvgIpc) is 3.08. The van der Waals surface area contributed by atoms with E-state index in [4.69, 9.17) is 22.7 Å². The van der Waals surface area contributed by atoms with E-state index in [0.29, 0.717) is 18.3 Å². The van der Waals surface area contributed by atoms with Crippen molar-refractivity contribution in [3.8, 4) is 11.4 Å². The Kier molecular flexibility index (Phi) is 8.63. The van der Waals surface area contributed by atoms with Crippen molar-refractivity contribution in [2.75, 3.05) is 26.5 Å². The maximum absolute atomic E-state index is 12.1. The Balaban J connectivity index is 2.20. The fraction of sp³-hybridized carbons (Fsp3) is 0.500. The number of aromatic nitrogens is 3. The van der Waals surface area contributed by atoms with E-state index in [1.165, 1.54) is 22.3 Å². The van der Waals surface area contributed by atoms with Crippen LogP contribution in [0.5, 0.6) is 0 Å². The van der Waals surface area contributed by atoms with Gasteiger partial charge >= 0.3 is 0 Å². The molecule has 1 amide bonds. The van der Waals surface area contributed by atoms with E-state index in [1.54, 1.807) is 14.2 Å². The fourth-order valence-electron chi connectivity index (χ4n) is 2.70. The Morgan fingerprint density at radius 3 is 2.53 bits per heavy atom. The molecule has 164 valence electrons. The lowest BCUT2D eigenvalue weighted by Crippen LogP contribution is -2.46. The second kappa shape index (κ2) is 10.7. The zero-order valence-electron chi connectivity index (χ0n) is 18.1. The lowest BCUT2D eigenvalue weighted by atomic mass is 9.87. The topological polar surface area (TPSA) is 98.3 Å². The summed E-state index contributed by atoms with van der Waals surface area (Å²) in [4.78, 5) is 12.1. The monoisotopic (exact) mass is 450 g/mol. The first kappa shape index (κ1) is 24.1. The van der Waals surface area contributed by atoms with E-state index in [9.17, 15) is 4.79 Å². The molecule has 0 unspecified atom stereocenters. The first-order valence-electron chi connectivity index (χ1n) is 9.62. The van der Waals surface area contributed by atoms with Gasteiger partial charge in [0.05, 0.1) is 5.75 Å². The van der Waals surface area contributed by atoms with Crippen LogP contribution in [0.15, 0.2) is 29.4 Å². The summed E-state index contributed by atoms with van der Waals surface area (Å²) in [7, 11) is 3.27. The number of thiocarbonyl (C=S) groups is 1. The van der Waals surface area contributed by atoms with Crippen LogP contribution in [0.4, 0.5) is 0 Å². The van der Waals surface area contributed by atoms with E-state index in [-0.39, 0.29) is 22.2 Å². The molecule has 0 saturated heterocycles. The molecule has 0 atom stereocenters. The van der Waals surface area contributed by atoms with Crippen LogP contribution in [0.25, 0.3) is 11.4 Å². The number of carbonyl (C=O) groups excluding carboxylic acids is 1. The smallest absolute Gasteiger partial charge is 0.249 e. The van der Waals surface area contributed by atoms with E-state index in [1.807, 2.05) is 4.57 Å². The highest BCUT2D eigenvalue weighted by Gasteiger charge is 2.18. The lowest BCUT2D eigenvalue weighted by Gasteiger charge is -2.19. The molecule has 1 aromatic carbocycles. The van der Waals surface area contributed by atoms with Gasteiger partial charge in [-0.2, -0.15) is 0 Å². The average molecular weight is 451 g/mol. The van der Waals surface area contributed by atoms with Crippen molar-refractivity contribution in [3.63, 3.8) is 0 Å². The molecule has 1 aromatic heterocycles. The minimum absolute atomic E-state index is 0.0814. The first-order valence-corrected chi connectivity index (χ1v) is 11.0. The summed E-state index contributed by atoms with van der Waals surface area (Å²) in [5, 5.41) is 10.8. The number of hydrogen-bond acceptors (Lipinski definition) is 6. The normalized spacial score (nSPS) is 11.4. The number of carbonyl (C=O) groups is 1. The summed E-state index contributed by atoms with van der Waals surface area (Å²) >= 11 is 6.14. The van der Waals surface area contributed by atoms with Crippen LogP contribution in [0.2, 0.25) is 0 Å². The van der Waals surface area contributed by atoms with Crippen LogP contribution < -0.4 is 11.2 Å². The second-order valence-electron chi connectivity index (χ2n) is 7.85. The van der Waals surface area contributed by atoms with Gasteiger partial charge in [0.2, 0.25) is 5.91 Å². The Morgan fingerprint density at radius 1 is 1.30 bits per heavy atom. The summed E-state index contributed by atoms with van der Waals surface area (Å²) in [6.45, 7) is 7.87. The standard InChI is InChI=1S/C20H30N6O2S2/c1-20(2,3)15-9-7-14(8-10-15)17-22-23-19(26(17)11-6-12-28-5)30-13-16(27)24-25(4)18(21)29/h7-10H,6,11-13H2,1-5H3,(H2,21,29)(H,24,27). The highest BCUT2D eigenvalue weighted by molar-refractivity contribution is 7.99. The van der Waals surface area contributed by atoms with E-state index in [2.05, 4.69) is 60.7 Å². The van der Waals surface area contributed by atoms with Gasteiger partial charge in [-0.1, -0.05) is 56.8 Å². The number of ether oxygens (including phenoxy) is 1. The molecule has 2 rings (SSSR count). The van der Waals surface area contributed by atoms with E-state index in [0.717, 1.165) is 17.8 Å². The molecule has 0 aliphatic heterocycles. The Bertz CT molecular complexity index is 861. The van der Waals surface area contributed by atoms with Gasteiger partial charge in [-0.15, -0.1) is 10.2 Å². The predicted octanol–water partition coefficient (Wildman–Crippen LogP) is 2.58. The van der Waals surface area contributed by atoms with Crippen LogP contribution >= 0.6 is 24.0 Å². The first-order chi connectivity index (χ1) is 14.1. The second-order valence-corrected chi connectivity index (χ2v) is 9.21. The highest BCUT2D eigenvalue weighted by atomic mass is 32.2. The quantitative estimate of drug-likeness (QED) is 0.274. The third-order valence-corrected chi connectivity index (χ3v) is 5.65. The SMILES string of the molecule is COCCCn1c(SCC(=O)NN(C)C(N)=S)nnc1-c1ccc(C(C)(C)C)cc1. The third kappa shape index (κ3) is 6.68. The maximum atomic E-state index is 12.1. The van der Waals surface area contributed by atoms with Crippen LogP contribution in [0.3, 0.4) is 0 Å². The minimum Gasteiger partial charge on any atom is -0.385 e. The van der Waals surface area contributed by atoms with Gasteiger partial charge in [0.1, 0.15) is 0 Å². The molecular weight excluding hydrogens is 420 g/mol. The number of hydrazine groups is 1. The molecule has 2 aromatic rings. The predicted molar refractivity (Wildman–Crippen MR) is 124 cm³/mol. The van der Waals surface area contributed by atoms with E-state index < -0.39 is 0 Å². The minimum atomic E-state index is -0.224. The number of rotatable bonds is 8. The molecule has 0 radical (unpaired) electrons. The van der Waals surface area contributed by atoms with Gasteiger partial charge in [-0.3, -0.25) is 15.2 Å². The number of nitrogens with zero attached hydrogens (tertiary/aromatic N) is 4. The number of nitrogens with two attached hydrogens (primary N) is 1. The molecule has 30 heavy (non-hydrogen) atoms. The zero-order valence-corrected chi connectivity index (χ0v) is 19.8. The summed E-state index contributed by atoms with van der Waals surface area (Å²) in [5.74, 6) is 0.714. The maximum Gasteiger partial charge on any atom is 0.249 e. The van der Waals surface area contributed by atoms with Crippen molar-refractivity contribution in [3.05, 3.63) is 29.8 Å². The summed E-state index contributed by atoms with van der Waals surface area (Å²) in [5.41, 5.74) is 10.4. The van der Waals surface area contributed by atoms with Crippen molar-refractivity contribution >= 4 is 35.0 Å². The Labute approximate surface area is 187 Å². The van der Waals surface area contributed by atoms with Crippen LogP contribution in [-0.2, 0) is 21.5 Å². The molecule has 0 aliphatic rings. The molecule has 0 bridgehead atoms. The lowest BCUT2D eigenvalue weighted by molar-refractivity contribution is -0.121. The van der Waals surface area contributed by atoms with Gasteiger partial charge in [0.25, 0.3) is 0 Å². The molecule has 3 N–H and O–H groups in total. The van der Waals surface area contributed by atoms with Crippen molar-refractivity contribution in [1.29, 1.82) is 0 Å². The van der Waals surface area contributed by atoms with E-state index >= 15 is 0 Å². The van der Waals surface area contributed by atoms with Crippen molar-refractivity contribution in [2.45, 2.75) is 44.3 Å². The summed E-state index contributed by atoms with van der Waals surface area (Å²) < 4.78 is 7.22.